The van der Waals surface area contributed by atoms with Crippen LogP contribution in [0, 0.1) is 4.91 Å². The monoisotopic (exact) mass is 291 g/mol. The molecule has 0 aromatic heterocycles. The van der Waals surface area contributed by atoms with E-state index in [-0.39, 0.29) is 12.1 Å². The highest BCUT2D eigenvalue weighted by Gasteiger charge is 2.19. The maximum Gasteiger partial charge on any atom is 0.319 e. The lowest BCUT2D eigenvalue weighted by molar-refractivity contribution is -0.379. The Bertz CT molecular complexity index is 467. The summed E-state index contributed by atoms with van der Waals surface area (Å²) >= 11 is 0. The number of piperidine rings is 1. The molecule has 1 heterocycles. The second kappa shape index (κ2) is 7.73. The Morgan fingerprint density at radius 2 is 1.95 bits per heavy atom. The number of nitrogens with zero attached hydrogens (tertiary/aromatic N) is 1. The Kier molecular flexibility index (Phi) is 5.68. The lowest BCUT2D eigenvalue weighted by Crippen LogP contribution is -2.55. The number of nitrogens with one attached hydrogen (secondary N) is 3. The molecular weight excluding hydrogens is 268 g/mol. The number of likely N-dealkylation sites (tertiary alicyclic amines) is 1. The minimum atomic E-state index is -0.188. The highest BCUT2D eigenvalue weighted by molar-refractivity contribution is 5.89. The van der Waals surface area contributed by atoms with Gasteiger partial charge >= 0.3 is 6.03 Å². The third-order valence-corrected chi connectivity index (χ3v) is 3.72. The molecule has 1 aliphatic rings. The van der Waals surface area contributed by atoms with E-state index in [1.54, 1.807) is 29.4 Å². The van der Waals surface area contributed by atoms with Crippen LogP contribution in [-0.4, -0.2) is 36.6 Å². The first-order valence-corrected chi connectivity index (χ1v) is 7.49. The summed E-state index contributed by atoms with van der Waals surface area (Å²) in [4.78, 5) is 24.8. The van der Waals surface area contributed by atoms with Crippen molar-refractivity contribution in [2.45, 2.75) is 32.2 Å². The Hall–Kier alpha value is -1.95. The fourth-order valence-corrected chi connectivity index (χ4v) is 2.59. The molecule has 6 nitrogen and oxygen atoms in total. The van der Waals surface area contributed by atoms with Crippen molar-refractivity contribution in [3.63, 3.8) is 0 Å². The maximum absolute atomic E-state index is 11.9. The number of carbonyl (C=O) groups excluding carboxylic acids is 1. The van der Waals surface area contributed by atoms with Gasteiger partial charge in [-0.15, -0.1) is 0 Å². The van der Waals surface area contributed by atoms with Gasteiger partial charge in [0.2, 0.25) is 0 Å². The van der Waals surface area contributed by atoms with Gasteiger partial charge in [0.1, 0.15) is 0 Å². The van der Waals surface area contributed by atoms with Gasteiger partial charge in [-0.1, -0.05) is 6.92 Å². The summed E-state index contributed by atoms with van der Waals surface area (Å²) in [7, 11) is 0. The molecule has 21 heavy (non-hydrogen) atoms. The van der Waals surface area contributed by atoms with Crippen molar-refractivity contribution in [2.24, 2.45) is 0 Å². The zero-order valence-corrected chi connectivity index (χ0v) is 12.4. The molecule has 6 heteroatoms. The number of hydrogen-bond acceptors (Lipinski definition) is 3. The van der Waals surface area contributed by atoms with E-state index in [4.69, 9.17) is 0 Å². The Balaban J connectivity index is 1.75. The van der Waals surface area contributed by atoms with Gasteiger partial charge in [0.25, 0.3) is 5.69 Å². The molecule has 3 N–H and O–H groups in total. The lowest BCUT2D eigenvalue weighted by Gasteiger charge is -2.32. The number of rotatable bonds is 5. The van der Waals surface area contributed by atoms with Crippen LogP contribution >= 0.6 is 0 Å². The van der Waals surface area contributed by atoms with Crippen LogP contribution in [-0.2, 0) is 0 Å². The molecular formula is C15H23N4O2+. The largest absolute Gasteiger partial charge is 0.335 e. The number of nitroso groups, excluding NO2 is 1. The topological polar surface area (TPSA) is 75.4 Å². The highest BCUT2D eigenvalue weighted by atomic mass is 16.3. The summed E-state index contributed by atoms with van der Waals surface area (Å²) in [5.41, 5.74) is 1.15. The molecule has 0 radical (unpaired) electrons. The predicted octanol–water partition coefficient (Wildman–Crippen LogP) is 1.16. The van der Waals surface area contributed by atoms with E-state index >= 15 is 0 Å². The van der Waals surface area contributed by atoms with Crippen molar-refractivity contribution in [1.82, 2.24) is 10.2 Å². The molecule has 2 rings (SSSR count). The first kappa shape index (κ1) is 15.4. The average Bonchev–Trinajstić information content (AvgIpc) is 2.50. The summed E-state index contributed by atoms with van der Waals surface area (Å²) in [6.45, 7) is 5.41. The molecule has 1 fully saturated rings. The Morgan fingerprint density at radius 3 is 2.52 bits per heavy atom. The number of carbonyl (C=O) groups is 1. The number of anilines is 1. The van der Waals surface area contributed by atoms with Gasteiger partial charge in [-0.3, -0.25) is 0 Å². The molecule has 1 aromatic carbocycles. The lowest BCUT2D eigenvalue weighted by atomic mass is 10.1. The third-order valence-electron chi connectivity index (χ3n) is 3.72. The van der Waals surface area contributed by atoms with E-state index in [2.05, 4.69) is 22.5 Å². The van der Waals surface area contributed by atoms with Crippen LogP contribution in [0.2, 0.25) is 0 Å². The average molecular weight is 291 g/mol. The molecule has 0 spiro atoms. The molecule has 1 aliphatic heterocycles. The summed E-state index contributed by atoms with van der Waals surface area (Å²) in [5, 5.41) is 7.59. The minimum absolute atomic E-state index is 0.188. The number of benzene rings is 1. The number of urea groups is 1. The molecule has 1 saturated heterocycles. The Labute approximate surface area is 124 Å². The van der Waals surface area contributed by atoms with E-state index in [1.165, 1.54) is 6.42 Å². The van der Waals surface area contributed by atoms with Crippen molar-refractivity contribution in [2.75, 3.05) is 25.0 Å². The zero-order valence-electron chi connectivity index (χ0n) is 12.4. The summed E-state index contributed by atoms with van der Waals surface area (Å²) in [6.07, 6.45) is 3.16. The van der Waals surface area contributed by atoms with Gasteiger partial charge in [0.05, 0.1) is 0 Å². The Morgan fingerprint density at radius 1 is 1.29 bits per heavy atom. The summed E-state index contributed by atoms with van der Waals surface area (Å²) in [5.74, 6) is 0. The fraction of sp³-hybridized carbons (Fsp3) is 0.533. The van der Waals surface area contributed by atoms with E-state index in [9.17, 15) is 9.70 Å². The minimum Gasteiger partial charge on any atom is -0.335 e. The number of amides is 2. The van der Waals surface area contributed by atoms with Crippen molar-refractivity contribution >= 4 is 17.4 Å². The molecule has 0 bridgehead atoms. The van der Waals surface area contributed by atoms with E-state index < -0.39 is 0 Å². The van der Waals surface area contributed by atoms with Crippen LogP contribution in [0.3, 0.4) is 0 Å². The van der Waals surface area contributed by atoms with Gasteiger partial charge in [-0.25, -0.2) is 4.79 Å². The summed E-state index contributed by atoms with van der Waals surface area (Å²) in [6, 6.07) is 6.71. The van der Waals surface area contributed by atoms with Crippen molar-refractivity contribution in [3.8, 4) is 0 Å². The molecule has 2 amide bonds. The second-order valence-electron chi connectivity index (χ2n) is 5.39. The van der Waals surface area contributed by atoms with Crippen LogP contribution < -0.4 is 15.8 Å². The fourth-order valence-electron chi connectivity index (χ4n) is 2.59. The quantitative estimate of drug-likeness (QED) is 0.762. The van der Waals surface area contributed by atoms with E-state index in [0.717, 1.165) is 32.5 Å². The van der Waals surface area contributed by atoms with Gasteiger partial charge in [0, 0.05) is 47.0 Å². The summed E-state index contributed by atoms with van der Waals surface area (Å²) < 4.78 is 0. The smallest absolute Gasteiger partial charge is 0.319 e. The van der Waals surface area contributed by atoms with Gasteiger partial charge in [0.15, 0.2) is 0 Å². The van der Waals surface area contributed by atoms with Crippen molar-refractivity contribution in [3.05, 3.63) is 29.2 Å². The van der Waals surface area contributed by atoms with E-state index in [0.29, 0.717) is 11.4 Å². The van der Waals surface area contributed by atoms with Crippen molar-refractivity contribution < 1.29 is 9.97 Å². The highest BCUT2D eigenvalue weighted by Crippen LogP contribution is 2.12. The molecule has 0 saturated carbocycles. The SMILES string of the molecule is CCCN1CCC(NC(=O)Nc2ccc([NH+]=O)cc2)CC1. The van der Waals surface area contributed by atoms with Gasteiger partial charge in [-0.05, 0) is 37.9 Å². The van der Waals surface area contributed by atoms with Crippen molar-refractivity contribution in [1.29, 1.82) is 0 Å². The maximum atomic E-state index is 11.9. The number of hydrogen-bond donors (Lipinski definition) is 3. The van der Waals surface area contributed by atoms with Crippen LogP contribution in [0.1, 0.15) is 26.2 Å². The van der Waals surface area contributed by atoms with Crippen LogP contribution in [0.25, 0.3) is 0 Å². The molecule has 0 aliphatic carbocycles. The van der Waals surface area contributed by atoms with E-state index in [1.807, 2.05) is 0 Å². The van der Waals surface area contributed by atoms with Crippen LogP contribution in [0.15, 0.2) is 24.3 Å². The standard InChI is InChI=1S/C15H22N4O2/c1-2-9-19-10-7-13(8-11-19)17-15(20)16-12-3-5-14(18-21)6-4-12/h3-6,13H,2,7-11H2,1H3,(H2,16,17,20)/p+1. The third kappa shape index (κ3) is 4.82. The molecule has 114 valence electrons. The molecule has 0 atom stereocenters. The molecule has 0 unspecified atom stereocenters. The first-order chi connectivity index (χ1) is 10.2. The van der Waals surface area contributed by atoms with Crippen LogP contribution in [0.5, 0.6) is 0 Å². The van der Waals surface area contributed by atoms with Gasteiger partial charge in [-0.2, -0.15) is 0 Å². The van der Waals surface area contributed by atoms with Crippen LogP contribution in [0.4, 0.5) is 16.2 Å². The first-order valence-electron chi connectivity index (χ1n) is 7.49. The second-order valence-corrected chi connectivity index (χ2v) is 5.39. The normalized spacial score (nSPS) is 16.4. The zero-order chi connectivity index (χ0) is 15.1. The van der Waals surface area contributed by atoms with Gasteiger partial charge < -0.3 is 15.5 Å². The molecule has 1 aromatic rings. The predicted molar refractivity (Wildman–Crippen MR) is 82.3 cm³/mol.